The molecule has 1 aliphatic rings. The molecule has 2 aromatic rings. The minimum Gasteiger partial charge on any atom is -0.346 e. The monoisotopic (exact) mass is 415 g/mol. The molecule has 0 saturated carbocycles. The summed E-state index contributed by atoms with van der Waals surface area (Å²) >= 11 is 0. The first-order chi connectivity index (χ1) is 13.8. The van der Waals surface area contributed by atoms with E-state index in [1.54, 1.807) is 17.0 Å². The van der Waals surface area contributed by atoms with Gasteiger partial charge in [-0.25, -0.2) is 8.42 Å². The van der Waals surface area contributed by atoms with Crippen molar-refractivity contribution >= 4 is 21.8 Å². The van der Waals surface area contributed by atoms with Gasteiger partial charge >= 0.3 is 0 Å². The molecule has 0 aromatic heterocycles. The molecule has 1 heterocycles. The summed E-state index contributed by atoms with van der Waals surface area (Å²) in [6, 6.07) is 15.4. The van der Waals surface area contributed by atoms with Crippen molar-refractivity contribution in [2.24, 2.45) is 0 Å². The quantitative estimate of drug-likeness (QED) is 0.810. The number of rotatable bonds is 5. The minimum atomic E-state index is -3.73. The number of nitrogens with zero attached hydrogens (tertiary/aromatic N) is 2. The number of benzene rings is 2. The van der Waals surface area contributed by atoms with Gasteiger partial charge in [-0.2, -0.15) is 4.31 Å². The third-order valence-electron chi connectivity index (χ3n) is 5.07. The van der Waals surface area contributed by atoms with E-state index in [1.165, 1.54) is 23.4 Å². The molecule has 0 radical (unpaired) electrons. The second-order valence-corrected chi connectivity index (χ2v) is 8.98. The maximum Gasteiger partial charge on any atom is 0.251 e. The van der Waals surface area contributed by atoms with E-state index in [4.69, 9.17) is 0 Å². The summed E-state index contributed by atoms with van der Waals surface area (Å²) in [5.74, 6) is -0.395. The van der Waals surface area contributed by atoms with Crippen LogP contribution in [0.1, 0.15) is 35.8 Å². The van der Waals surface area contributed by atoms with E-state index < -0.39 is 10.0 Å². The molecular weight excluding hydrogens is 390 g/mol. The Hall–Kier alpha value is -2.71. The summed E-state index contributed by atoms with van der Waals surface area (Å²) in [5, 5.41) is 2.90. The SMILES string of the molecule is CC(=O)N1CCN(S(=O)(=O)c2cccc(C(=O)NC(C)c3ccccc3)c2)CC1. The van der Waals surface area contributed by atoms with Crippen molar-refractivity contribution in [1.29, 1.82) is 0 Å². The molecule has 0 spiro atoms. The highest BCUT2D eigenvalue weighted by Crippen LogP contribution is 2.20. The fourth-order valence-corrected chi connectivity index (χ4v) is 4.76. The van der Waals surface area contributed by atoms with Crippen LogP contribution in [0.15, 0.2) is 59.5 Å². The topological polar surface area (TPSA) is 86.8 Å². The number of piperazine rings is 1. The summed E-state index contributed by atoms with van der Waals surface area (Å²) in [4.78, 5) is 25.8. The van der Waals surface area contributed by atoms with Crippen LogP contribution in [0.25, 0.3) is 0 Å². The van der Waals surface area contributed by atoms with Crippen LogP contribution in [0.3, 0.4) is 0 Å². The van der Waals surface area contributed by atoms with Crippen molar-refractivity contribution in [2.45, 2.75) is 24.8 Å². The third kappa shape index (κ3) is 4.83. The van der Waals surface area contributed by atoms with Gasteiger partial charge in [0.1, 0.15) is 0 Å². The lowest BCUT2D eigenvalue weighted by Crippen LogP contribution is -2.49. The predicted octanol–water partition coefficient (Wildman–Crippen LogP) is 2.03. The Morgan fingerprint density at radius 2 is 1.62 bits per heavy atom. The molecule has 3 rings (SSSR count). The first-order valence-electron chi connectivity index (χ1n) is 9.50. The molecule has 8 heteroatoms. The number of amides is 2. The van der Waals surface area contributed by atoms with Crippen molar-refractivity contribution in [3.63, 3.8) is 0 Å². The summed E-state index contributed by atoms with van der Waals surface area (Å²) in [7, 11) is -3.73. The second-order valence-electron chi connectivity index (χ2n) is 7.04. The molecule has 29 heavy (non-hydrogen) atoms. The lowest BCUT2D eigenvalue weighted by Gasteiger charge is -2.33. The van der Waals surface area contributed by atoms with Gasteiger partial charge < -0.3 is 10.2 Å². The van der Waals surface area contributed by atoms with E-state index in [-0.39, 0.29) is 41.4 Å². The van der Waals surface area contributed by atoms with Gasteiger partial charge in [-0.15, -0.1) is 0 Å². The zero-order valence-corrected chi connectivity index (χ0v) is 17.4. The van der Waals surface area contributed by atoms with Crippen molar-refractivity contribution in [3.8, 4) is 0 Å². The van der Waals surface area contributed by atoms with Crippen LogP contribution in [0, 0.1) is 0 Å². The molecule has 1 saturated heterocycles. The Morgan fingerprint density at radius 3 is 2.24 bits per heavy atom. The van der Waals surface area contributed by atoms with Gasteiger partial charge in [0.15, 0.2) is 0 Å². The van der Waals surface area contributed by atoms with E-state index in [1.807, 2.05) is 37.3 Å². The number of sulfonamides is 1. The fourth-order valence-electron chi connectivity index (χ4n) is 3.30. The van der Waals surface area contributed by atoms with Gasteiger partial charge in [0.05, 0.1) is 10.9 Å². The zero-order chi connectivity index (χ0) is 21.0. The van der Waals surface area contributed by atoms with Crippen LogP contribution in [-0.2, 0) is 14.8 Å². The smallest absolute Gasteiger partial charge is 0.251 e. The molecular formula is C21H25N3O4S. The van der Waals surface area contributed by atoms with Crippen LogP contribution in [-0.4, -0.2) is 55.6 Å². The maximum absolute atomic E-state index is 13.0. The van der Waals surface area contributed by atoms with Gasteiger partial charge in [0.2, 0.25) is 15.9 Å². The summed E-state index contributed by atoms with van der Waals surface area (Å²) in [6.45, 7) is 4.56. The first-order valence-corrected chi connectivity index (χ1v) is 10.9. The third-order valence-corrected chi connectivity index (χ3v) is 6.96. The Kier molecular flexibility index (Phi) is 6.34. The Balaban J connectivity index is 1.73. The van der Waals surface area contributed by atoms with Crippen molar-refractivity contribution < 1.29 is 18.0 Å². The van der Waals surface area contributed by atoms with E-state index in [2.05, 4.69) is 5.32 Å². The Morgan fingerprint density at radius 1 is 0.966 bits per heavy atom. The number of hydrogen-bond donors (Lipinski definition) is 1. The molecule has 0 bridgehead atoms. The molecule has 7 nitrogen and oxygen atoms in total. The van der Waals surface area contributed by atoms with E-state index in [0.717, 1.165) is 5.56 Å². The van der Waals surface area contributed by atoms with Gasteiger partial charge in [0.25, 0.3) is 5.91 Å². The summed E-state index contributed by atoms with van der Waals surface area (Å²) in [5.41, 5.74) is 1.25. The summed E-state index contributed by atoms with van der Waals surface area (Å²) in [6.07, 6.45) is 0. The van der Waals surface area contributed by atoms with Crippen molar-refractivity contribution in [2.75, 3.05) is 26.2 Å². The Labute approximate surface area is 171 Å². The average molecular weight is 416 g/mol. The van der Waals surface area contributed by atoms with Crippen LogP contribution < -0.4 is 5.32 Å². The molecule has 2 aromatic carbocycles. The minimum absolute atomic E-state index is 0.0618. The van der Waals surface area contributed by atoms with Crippen molar-refractivity contribution in [1.82, 2.24) is 14.5 Å². The number of nitrogens with one attached hydrogen (secondary N) is 1. The summed E-state index contributed by atoms with van der Waals surface area (Å²) < 4.78 is 27.3. The second kappa shape index (κ2) is 8.75. The molecule has 1 aliphatic heterocycles. The first kappa shape index (κ1) is 21.0. The molecule has 1 atom stereocenters. The number of carbonyl (C=O) groups excluding carboxylic acids is 2. The average Bonchev–Trinajstić information content (AvgIpc) is 2.74. The van der Waals surface area contributed by atoms with Crippen LogP contribution in [0.5, 0.6) is 0 Å². The van der Waals surface area contributed by atoms with Crippen LogP contribution in [0.4, 0.5) is 0 Å². The molecule has 1 fully saturated rings. The largest absolute Gasteiger partial charge is 0.346 e. The molecule has 154 valence electrons. The van der Waals surface area contributed by atoms with Crippen LogP contribution in [0.2, 0.25) is 0 Å². The maximum atomic E-state index is 13.0. The van der Waals surface area contributed by atoms with E-state index in [9.17, 15) is 18.0 Å². The highest BCUT2D eigenvalue weighted by Gasteiger charge is 2.29. The number of carbonyl (C=O) groups is 2. The highest BCUT2D eigenvalue weighted by atomic mass is 32.2. The standard InChI is InChI=1S/C21H25N3O4S/c1-16(18-7-4-3-5-8-18)22-21(26)19-9-6-10-20(15-19)29(27,28)24-13-11-23(12-14-24)17(2)25/h3-10,15-16H,11-14H2,1-2H3,(H,22,26). The molecule has 1 N–H and O–H groups in total. The van der Waals surface area contributed by atoms with E-state index in [0.29, 0.717) is 13.1 Å². The number of hydrogen-bond acceptors (Lipinski definition) is 4. The van der Waals surface area contributed by atoms with Gasteiger partial charge in [-0.3, -0.25) is 9.59 Å². The fraction of sp³-hybridized carbons (Fsp3) is 0.333. The molecule has 1 unspecified atom stereocenters. The lowest BCUT2D eigenvalue weighted by molar-refractivity contribution is -0.129. The van der Waals surface area contributed by atoms with Crippen molar-refractivity contribution in [3.05, 3.63) is 65.7 Å². The van der Waals surface area contributed by atoms with Gasteiger partial charge in [-0.1, -0.05) is 36.4 Å². The van der Waals surface area contributed by atoms with Gasteiger partial charge in [-0.05, 0) is 30.7 Å². The Bertz CT molecular complexity index is 984. The van der Waals surface area contributed by atoms with Gasteiger partial charge in [0, 0.05) is 38.7 Å². The molecule has 2 amide bonds. The highest BCUT2D eigenvalue weighted by molar-refractivity contribution is 7.89. The normalized spacial score (nSPS) is 16.3. The predicted molar refractivity (Wildman–Crippen MR) is 110 cm³/mol. The zero-order valence-electron chi connectivity index (χ0n) is 16.5. The lowest BCUT2D eigenvalue weighted by atomic mass is 10.1. The van der Waals surface area contributed by atoms with Crippen LogP contribution >= 0.6 is 0 Å². The van der Waals surface area contributed by atoms with E-state index >= 15 is 0 Å². The molecule has 0 aliphatic carbocycles.